The standard InChI is InChI=1S/C19H37N2/c1-3-4-5-6-7-8-9-10-11-12-13-14-15-16-21-18-17-20(2)19-21/h17-19H,3-16H2,1-2H3/q+1. The second-order valence-electron chi connectivity index (χ2n) is 6.56. The van der Waals surface area contributed by atoms with E-state index in [2.05, 4.69) is 41.8 Å². The summed E-state index contributed by atoms with van der Waals surface area (Å²) in [6.07, 6.45) is 25.0. The van der Waals surface area contributed by atoms with E-state index in [-0.39, 0.29) is 0 Å². The van der Waals surface area contributed by atoms with E-state index in [4.69, 9.17) is 0 Å². The van der Waals surface area contributed by atoms with Gasteiger partial charge in [0.1, 0.15) is 12.4 Å². The van der Waals surface area contributed by atoms with Gasteiger partial charge in [0, 0.05) is 0 Å². The molecule has 0 fully saturated rings. The zero-order valence-corrected chi connectivity index (χ0v) is 14.5. The Balaban J connectivity index is 1.74. The van der Waals surface area contributed by atoms with Crippen LogP contribution in [0.1, 0.15) is 90.4 Å². The van der Waals surface area contributed by atoms with Crippen LogP contribution in [0.25, 0.3) is 0 Å². The molecule has 0 saturated carbocycles. The molecule has 1 rings (SSSR count). The van der Waals surface area contributed by atoms with Gasteiger partial charge in [0.25, 0.3) is 0 Å². The van der Waals surface area contributed by atoms with Crippen molar-refractivity contribution in [2.45, 2.75) is 96.9 Å². The molecule has 2 nitrogen and oxygen atoms in total. The second-order valence-corrected chi connectivity index (χ2v) is 6.56. The van der Waals surface area contributed by atoms with E-state index in [9.17, 15) is 0 Å². The van der Waals surface area contributed by atoms with Crippen LogP contribution in [-0.2, 0) is 13.6 Å². The Labute approximate surface area is 132 Å². The van der Waals surface area contributed by atoms with E-state index in [1.165, 1.54) is 90.0 Å². The van der Waals surface area contributed by atoms with Gasteiger partial charge in [-0.05, 0) is 12.8 Å². The second kappa shape index (κ2) is 12.9. The van der Waals surface area contributed by atoms with E-state index < -0.39 is 0 Å². The van der Waals surface area contributed by atoms with E-state index in [1.54, 1.807) is 0 Å². The highest BCUT2D eigenvalue weighted by molar-refractivity contribution is 4.65. The van der Waals surface area contributed by atoms with E-state index in [1.807, 2.05) is 0 Å². The van der Waals surface area contributed by atoms with Crippen LogP contribution < -0.4 is 4.57 Å². The molecule has 0 radical (unpaired) electrons. The maximum atomic E-state index is 2.29. The number of nitrogens with zero attached hydrogens (tertiary/aromatic N) is 2. The predicted octanol–water partition coefficient (Wildman–Crippen LogP) is 5.40. The van der Waals surface area contributed by atoms with Gasteiger partial charge in [0.05, 0.1) is 13.6 Å². The lowest BCUT2D eigenvalue weighted by atomic mass is 10.0. The Kier molecular flexibility index (Phi) is 11.2. The van der Waals surface area contributed by atoms with Crippen molar-refractivity contribution in [2.24, 2.45) is 7.05 Å². The highest BCUT2D eigenvalue weighted by atomic mass is 15.1. The Morgan fingerprint density at radius 2 is 1.19 bits per heavy atom. The van der Waals surface area contributed by atoms with Crippen molar-refractivity contribution in [1.29, 1.82) is 0 Å². The first-order valence-corrected chi connectivity index (χ1v) is 9.34. The molecule has 0 aliphatic rings. The van der Waals surface area contributed by atoms with Crippen LogP contribution in [0.5, 0.6) is 0 Å². The van der Waals surface area contributed by atoms with Gasteiger partial charge in [0.2, 0.25) is 6.33 Å². The van der Waals surface area contributed by atoms with E-state index >= 15 is 0 Å². The summed E-state index contributed by atoms with van der Waals surface area (Å²) in [6.45, 7) is 3.47. The van der Waals surface area contributed by atoms with Crippen molar-refractivity contribution in [3.05, 3.63) is 18.7 Å². The van der Waals surface area contributed by atoms with E-state index in [0.29, 0.717) is 0 Å². The summed E-state index contributed by atoms with van der Waals surface area (Å²) in [6, 6.07) is 0. The van der Waals surface area contributed by atoms with Gasteiger partial charge in [-0.3, -0.25) is 0 Å². The quantitative estimate of drug-likeness (QED) is 0.320. The largest absolute Gasteiger partial charge is 0.243 e. The molecule has 0 aliphatic carbocycles. The molecular weight excluding hydrogens is 256 g/mol. The first-order valence-electron chi connectivity index (χ1n) is 9.34. The molecule has 0 N–H and O–H groups in total. The van der Waals surface area contributed by atoms with Crippen molar-refractivity contribution < 1.29 is 4.57 Å². The highest BCUT2D eigenvalue weighted by Gasteiger charge is 1.99. The van der Waals surface area contributed by atoms with Crippen LogP contribution in [0.3, 0.4) is 0 Å². The fourth-order valence-electron chi connectivity index (χ4n) is 2.95. The van der Waals surface area contributed by atoms with Gasteiger partial charge in [0.15, 0.2) is 0 Å². The topological polar surface area (TPSA) is 8.81 Å². The molecule has 0 aromatic carbocycles. The molecule has 21 heavy (non-hydrogen) atoms. The van der Waals surface area contributed by atoms with Crippen LogP contribution in [0.4, 0.5) is 0 Å². The molecule has 2 heteroatoms. The third-order valence-electron chi connectivity index (χ3n) is 4.34. The highest BCUT2D eigenvalue weighted by Crippen LogP contribution is 2.12. The Bertz CT molecular complexity index is 330. The van der Waals surface area contributed by atoms with Crippen molar-refractivity contribution in [3.8, 4) is 0 Å². The Hall–Kier alpha value is -0.790. The molecule has 1 aromatic rings. The number of hydrogen-bond acceptors (Lipinski definition) is 0. The van der Waals surface area contributed by atoms with Crippen molar-refractivity contribution in [2.75, 3.05) is 0 Å². The lowest BCUT2D eigenvalue weighted by molar-refractivity contribution is -0.671. The summed E-state index contributed by atoms with van der Waals surface area (Å²) >= 11 is 0. The van der Waals surface area contributed by atoms with Crippen LogP contribution in [0.15, 0.2) is 18.7 Å². The van der Waals surface area contributed by atoms with Gasteiger partial charge in [-0.1, -0.05) is 77.6 Å². The van der Waals surface area contributed by atoms with Crippen molar-refractivity contribution >= 4 is 0 Å². The Morgan fingerprint density at radius 1 is 0.714 bits per heavy atom. The van der Waals surface area contributed by atoms with E-state index in [0.717, 1.165) is 0 Å². The minimum Gasteiger partial charge on any atom is -0.240 e. The molecule has 0 unspecified atom stereocenters. The molecule has 0 saturated heterocycles. The normalized spacial score (nSPS) is 11.1. The fraction of sp³-hybridized carbons (Fsp3) is 0.842. The SMILES string of the molecule is CCCCCCCCCCCCCCCn1cc[n+](C)c1. The van der Waals surface area contributed by atoms with Crippen molar-refractivity contribution in [3.63, 3.8) is 0 Å². The number of rotatable bonds is 14. The molecular formula is C19H37N2+. The van der Waals surface area contributed by atoms with Crippen LogP contribution in [-0.4, -0.2) is 4.57 Å². The molecule has 1 heterocycles. The minimum absolute atomic E-state index is 1.18. The molecule has 0 amide bonds. The first-order chi connectivity index (χ1) is 10.3. The fourth-order valence-corrected chi connectivity index (χ4v) is 2.95. The smallest absolute Gasteiger partial charge is 0.240 e. The molecule has 0 spiro atoms. The number of aryl methyl sites for hydroxylation is 2. The third-order valence-corrected chi connectivity index (χ3v) is 4.34. The third kappa shape index (κ3) is 10.6. The average Bonchev–Trinajstić information content (AvgIpc) is 2.89. The van der Waals surface area contributed by atoms with Crippen LogP contribution >= 0.6 is 0 Å². The van der Waals surface area contributed by atoms with Crippen molar-refractivity contribution in [1.82, 2.24) is 4.57 Å². The van der Waals surface area contributed by atoms with Crippen LogP contribution in [0, 0.1) is 0 Å². The monoisotopic (exact) mass is 293 g/mol. The lowest BCUT2D eigenvalue weighted by Crippen LogP contribution is -2.23. The lowest BCUT2D eigenvalue weighted by Gasteiger charge is -2.02. The average molecular weight is 294 g/mol. The zero-order valence-electron chi connectivity index (χ0n) is 14.5. The number of aromatic nitrogens is 2. The molecule has 122 valence electrons. The zero-order chi connectivity index (χ0) is 15.2. The summed E-state index contributed by atoms with van der Waals surface area (Å²) < 4.78 is 4.40. The first kappa shape index (κ1) is 18.3. The summed E-state index contributed by atoms with van der Waals surface area (Å²) in [5, 5.41) is 0. The molecule has 0 aliphatic heterocycles. The molecule has 1 aromatic heterocycles. The van der Waals surface area contributed by atoms with Gasteiger partial charge < -0.3 is 0 Å². The number of unbranched alkanes of at least 4 members (excludes halogenated alkanes) is 12. The summed E-state index contributed by atoms with van der Waals surface area (Å²) in [4.78, 5) is 0. The van der Waals surface area contributed by atoms with Crippen LogP contribution in [0.2, 0.25) is 0 Å². The van der Waals surface area contributed by atoms with Gasteiger partial charge in [-0.25, -0.2) is 9.13 Å². The number of hydrogen-bond donors (Lipinski definition) is 0. The Morgan fingerprint density at radius 3 is 1.62 bits per heavy atom. The van der Waals surface area contributed by atoms with Gasteiger partial charge >= 0.3 is 0 Å². The summed E-state index contributed by atoms with van der Waals surface area (Å²) in [5.41, 5.74) is 0. The maximum Gasteiger partial charge on any atom is 0.243 e. The summed E-state index contributed by atoms with van der Waals surface area (Å²) in [7, 11) is 2.08. The maximum absolute atomic E-state index is 2.29. The molecule has 0 bridgehead atoms. The van der Waals surface area contributed by atoms with Gasteiger partial charge in [-0.15, -0.1) is 0 Å². The molecule has 0 atom stereocenters. The predicted molar refractivity (Wildman–Crippen MR) is 91.3 cm³/mol. The minimum atomic E-state index is 1.18. The van der Waals surface area contributed by atoms with Gasteiger partial charge in [-0.2, -0.15) is 0 Å². The number of imidazole rings is 1. The summed E-state index contributed by atoms with van der Waals surface area (Å²) in [5.74, 6) is 0.